The SMILES string of the molecule is CCOc1ccc(SCC(=O)NC2CCCCC2CN)cc1. The molecule has 4 nitrogen and oxygen atoms in total. The minimum Gasteiger partial charge on any atom is -0.494 e. The summed E-state index contributed by atoms with van der Waals surface area (Å²) in [6.45, 7) is 3.29. The van der Waals surface area contributed by atoms with Crippen LogP contribution in [0.15, 0.2) is 29.2 Å². The first-order valence-corrected chi connectivity index (χ1v) is 9.06. The van der Waals surface area contributed by atoms with Crippen molar-refractivity contribution in [2.75, 3.05) is 18.9 Å². The Morgan fingerprint density at radius 2 is 2.05 bits per heavy atom. The van der Waals surface area contributed by atoms with Crippen LogP contribution in [0.4, 0.5) is 0 Å². The van der Waals surface area contributed by atoms with E-state index < -0.39 is 0 Å². The van der Waals surface area contributed by atoms with Crippen LogP contribution >= 0.6 is 11.8 Å². The van der Waals surface area contributed by atoms with E-state index in [-0.39, 0.29) is 11.9 Å². The zero-order valence-corrected chi connectivity index (χ0v) is 14.0. The van der Waals surface area contributed by atoms with E-state index in [1.807, 2.05) is 31.2 Å². The maximum atomic E-state index is 12.1. The molecular formula is C17H26N2O2S. The number of thioether (sulfide) groups is 1. The zero-order chi connectivity index (χ0) is 15.8. The van der Waals surface area contributed by atoms with E-state index in [9.17, 15) is 4.79 Å². The van der Waals surface area contributed by atoms with Crippen LogP contribution in [-0.4, -0.2) is 30.9 Å². The molecule has 2 atom stereocenters. The number of hydrogen-bond donors (Lipinski definition) is 2. The van der Waals surface area contributed by atoms with Crippen LogP contribution in [0.2, 0.25) is 0 Å². The number of ether oxygens (including phenoxy) is 1. The molecule has 1 aliphatic rings. The van der Waals surface area contributed by atoms with Gasteiger partial charge >= 0.3 is 0 Å². The lowest BCUT2D eigenvalue weighted by molar-refractivity contribution is -0.119. The third-order valence-corrected chi connectivity index (χ3v) is 5.07. The van der Waals surface area contributed by atoms with Gasteiger partial charge in [0.05, 0.1) is 12.4 Å². The second kappa shape index (κ2) is 9.06. The normalized spacial score (nSPS) is 21.4. The molecule has 1 amide bonds. The Bertz CT molecular complexity index is 464. The molecule has 1 aliphatic carbocycles. The first kappa shape index (κ1) is 17.2. The van der Waals surface area contributed by atoms with Gasteiger partial charge in [0, 0.05) is 10.9 Å². The third kappa shape index (κ3) is 5.21. The van der Waals surface area contributed by atoms with E-state index in [0.29, 0.717) is 24.8 Å². The molecule has 0 aliphatic heterocycles. The molecule has 1 aromatic carbocycles. The Kier molecular flexibility index (Phi) is 7.06. The average molecular weight is 322 g/mol. The molecule has 0 radical (unpaired) electrons. The van der Waals surface area contributed by atoms with Gasteiger partial charge in [-0.25, -0.2) is 0 Å². The first-order chi connectivity index (χ1) is 10.7. The van der Waals surface area contributed by atoms with Gasteiger partial charge in [0.15, 0.2) is 0 Å². The van der Waals surface area contributed by atoms with E-state index in [0.717, 1.165) is 23.5 Å². The number of benzene rings is 1. The fourth-order valence-corrected chi connectivity index (χ4v) is 3.59. The van der Waals surface area contributed by atoms with Crippen LogP contribution in [-0.2, 0) is 4.79 Å². The van der Waals surface area contributed by atoms with Gasteiger partial charge in [-0.3, -0.25) is 4.79 Å². The van der Waals surface area contributed by atoms with Crippen molar-refractivity contribution in [2.24, 2.45) is 11.7 Å². The van der Waals surface area contributed by atoms with Crippen molar-refractivity contribution in [3.8, 4) is 5.75 Å². The zero-order valence-electron chi connectivity index (χ0n) is 13.2. The lowest BCUT2D eigenvalue weighted by Gasteiger charge is -2.31. The van der Waals surface area contributed by atoms with Crippen molar-refractivity contribution in [3.05, 3.63) is 24.3 Å². The van der Waals surface area contributed by atoms with E-state index in [2.05, 4.69) is 5.32 Å². The number of rotatable bonds is 7. The van der Waals surface area contributed by atoms with Gasteiger partial charge in [0.1, 0.15) is 5.75 Å². The molecule has 0 saturated heterocycles. The van der Waals surface area contributed by atoms with Crippen LogP contribution in [0.5, 0.6) is 5.75 Å². The average Bonchev–Trinajstić information content (AvgIpc) is 2.55. The lowest BCUT2D eigenvalue weighted by atomic mass is 9.84. The van der Waals surface area contributed by atoms with Gasteiger partial charge < -0.3 is 15.8 Å². The summed E-state index contributed by atoms with van der Waals surface area (Å²) in [6, 6.07) is 8.12. The summed E-state index contributed by atoms with van der Waals surface area (Å²) in [5.74, 6) is 1.85. The molecule has 0 heterocycles. The smallest absolute Gasteiger partial charge is 0.230 e. The highest BCUT2D eigenvalue weighted by Gasteiger charge is 2.25. The van der Waals surface area contributed by atoms with E-state index in [1.54, 1.807) is 11.8 Å². The van der Waals surface area contributed by atoms with Crippen LogP contribution in [0.3, 0.4) is 0 Å². The summed E-state index contributed by atoms with van der Waals surface area (Å²) in [5, 5.41) is 3.16. The van der Waals surface area contributed by atoms with Crippen LogP contribution < -0.4 is 15.8 Å². The largest absolute Gasteiger partial charge is 0.494 e. The Labute approximate surface area is 137 Å². The van der Waals surface area contributed by atoms with Crippen molar-refractivity contribution < 1.29 is 9.53 Å². The second-order valence-corrected chi connectivity index (χ2v) is 6.70. The summed E-state index contributed by atoms with van der Waals surface area (Å²) in [6.07, 6.45) is 4.61. The molecule has 0 bridgehead atoms. The molecule has 5 heteroatoms. The van der Waals surface area contributed by atoms with Gasteiger partial charge in [-0.2, -0.15) is 0 Å². The highest BCUT2D eigenvalue weighted by atomic mass is 32.2. The van der Waals surface area contributed by atoms with Crippen LogP contribution in [0.1, 0.15) is 32.6 Å². The Morgan fingerprint density at radius 1 is 1.32 bits per heavy atom. The first-order valence-electron chi connectivity index (χ1n) is 8.08. The molecule has 2 unspecified atom stereocenters. The molecule has 3 N–H and O–H groups in total. The van der Waals surface area contributed by atoms with Gasteiger partial charge in [0.25, 0.3) is 0 Å². The Morgan fingerprint density at radius 3 is 2.73 bits per heavy atom. The minimum atomic E-state index is 0.101. The van der Waals surface area contributed by atoms with Crippen molar-refractivity contribution in [3.63, 3.8) is 0 Å². The fraction of sp³-hybridized carbons (Fsp3) is 0.588. The monoisotopic (exact) mass is 322 g/mol. The molecular weight excluding hydrogens is 296 g/mol. The highest BCUT2D eigenvalue weighted by Crippen LogP contribution is 2.24. The molecule has 1 fully saturated rings. The third-order valence-electron chi connectivity index (χ3n) is 4.06. The molecule has 122 valence electrons. The lowest BCUT2D eigenvalue weighted by Crippen LogP contribution is -2.45. The van der Waals surface area contributed by atoms with Gasteiger partial charge in [0.2, 0.25) is 5.91 Å². The van der Waals surface area contributed by atoms with Gasteiger partial charge in [-0.15, -0.1) is 11.8 Å². The van der Waals surface area contributed by atoms with E-state index in [1.165, 1.54) is 12.8 Å². The summed E-state index contributed by atoms with van der Waals surface area (Å²) >= 11 is 1.55. The van der Waals surface area contributed by atoms with E-state index >= 15 is 0 Å². The topological polar surface area (TPSA) is 64.3 Å². The number of hydrogen-bond acceptors (Lipinski definition) is 4. The van der Waals surface area contributed by atoms with Crippen molar-refractivity contribution >= 4 is 17.7 Å². The highest BCUT2D eigenvalue weighted by molar-refractivity contribution is 8.00. The summed E-state index contributed by atoms with van der Waals surface area (Å²) in [4.78, 5) is 13.2. The number of carbonyl (C=O) groups is 1. The van der Waals surface area contributed by atoms with Crippen molar-refractivity contribution in [1.29, 1.82) is 0 Å². The number of nitrogens with two attached hydrogens (primary N) is 1. The predicted molar refractivity (Wildman–Crippen MR) is 91.3 cm³/mol. The van der Waals surface area contributed by atoms with Crippen LogP contribution in [0.25, 0.3) is 0 Å². The minimum absolute atomic E-state index is 0.101. The maximum Gasteiger partial charge on any atom is 0.230 e. The predicted octanol–water partition coefficient (Wildman–Crippen LogP) is 2.81. The molecule has 1 aromatic rings. The maximum absolute atomic E-state index is 12.1. The van der Waals surface area contributed by atoms with Crippen LogP contribution in [0, 0.1) is 5.92 Å². The van der Waals surface area contributed by atoms with E-state index in [4.69, 9.17) is 10.5 Å². The number of carbonyl (C=O) groups excluding carboxylic acids is 1. The summed E-state index contributed by atoms with van der Waals surface area (Å²) in [5.41, 5.74) is 5.80. The summed E-state index contributed by atoms with van der Waals surface area (Å²) < 4.78 is 5.41. The molecule has 2 rings (SSSR count). The number of amides is 1. The standard InChI is InChI=1S/C17H26N2O2S/c1-2-21-14-7-9-15(10-8-14)22-12-17(20)19-16-6-4-3-5-13(16)11-18/h7-10,13,16H,2-6,11-12,18H2,1H3,(H,19,20). The van der Waals surface area contributed by atoms with Crippen molar-refractivity contribution in [1.82, 2.24) is 5.32 Å². The quantitative estimate of drug-likeness (QED) is 0.758. The molecule has 22 heavy (non-hydrogen) atoms. The molecule has 1 saturated carbocycles. The van der Waals surface area contributed by atoms with Gasteiger partial charge in [-0.05, 0) is 56.5 Å². The molecule has 0 spiro atoms. The Balaban J connectivity index is 1.77. The molecule has 0 aromatic heterocycles. The summed E-state index contributed by atoms with van der Waals surface area (Å²) in [7, 11) is 0. The number of nitrogens with one attached hydrogen (secondary N) is 1. The van der Waals surface area contributed by atoms with Crippen molar-refractivity contribution in [2.45, 2.75) is 43.5 Å². The second-order valence-electron chi connectivity index (χ2n) is 5.65. The van der Waals surface area contributed by atoms with Gasteiger partial charge in [-0.1, -0.05) is 12.8 Å². The fourth-order valence-electron chi connectivity index (χ4n) is 2.88. The Hall–Kier alpha value is -1.20.